The zero-order valence-electron chi connectivity index (χ0n) is 14.0. The van der Waals surface area contributed by atoms with Crippen molar-refractivity contribution in [2.75, 3.05) is 23.7 Å². The third-order valence-electron chi connectivity index (χ3n) is 3.95. The Balaban J connectivity index is 1.73. The number of fused-ring (bicyclic) bond motifs is 1. The second-order valence-electron chi connectivity index (χ2n) is 6.14. The maximum absolute atomic E-state index is 4.82. The van der Waals surface area contributed by atoms with Gasteiger partial charge in [-0.15, -0.1) is 0 Å². The second-order valence-corrected chi connectivity index (χ2v) is 7.05. The van der Waals surface area contributed by atoms with E-state index in [4.69, 9.17) is 4.98 Å². The quantitative estimate of drug-likeness (QED) is 0.540. The average Bonchev–Trinajstić information content (AvgIpc) is 2.59. The molecule has 3 rings (SSSR count). The Kier molecular flexibility index (Phi) is 5.36. The summed E-state index contributed by atoms with van der Waals surface area (Å²) in [6, 6.07) is 18.7. The Morgan fingerprint density at radius 3 is 2.46 bits per heavy atom. The fraction of sp³-hybridized carbons (Fsp3) is 0.250. The first-order valence-corrected chi connectivity index (χ1v) is 9.06. The molecule has 0 aliphatic rings. The van der Waals surface area contributed by atoms with Crippen LogP contribution in [0.15, 0.2) is 59.1 Å². The summed E-state index contributed by atoms with van der Waals surface area (Å²) in [7, 11) is 0. The minimum atomic E-state index is 0.422. The molecule has 0 aliphatic heterocycles. The molecule has 0 bridgehead atoms. The molecule has 0 saturated heterocycles. The number of benzene rings is 2. The van der Waals surface area contributed by atoms with Crippen LogP contribution in [0.2, 0.25) is 0 Å². The van der Waals surface area contributed by atoms with Crippen molar-refractivity contribution in [1.82, 2.24) is 4.98 Å². The summed E-state index contributed by atoms with van der Waals surface area (Å²) in [6.07, 6.45) is 0. The van der Waals surface area contributed by atoms with E-state index in [1.165, 1.54) is 10.9 Å². The van der Waals surface area contributed by atoms with Gasteiger partial charge in [0.05, 0.1) is 5.52 Å². The standard InChI is InChI=1S/C20H22BrN3/c1-14(2)18-13-15-12-16(21)8-9-19(15)24-20(18)23-11-10-22-17-6-4-3-5-7-17/h3-9,12-14,22H,10-11H2,1-2H3,(H,23,24). The number of halogens is 1. The highest BCUT2D eigenvalue weighted by molar-refractivity contribution is 9.10. The molecule has 0 radical (unpaired) electrons. The maximum Gasteiger partial charge on any atom is 0.130 e. The van der Waals surface area contributed by atoms with Crippen molar-refractivity contribution >= 4 is 38.3 Å². The van der Waals surface area contributed by atoms with Gasteiger partial charge in [0.15, 0.2) is 0 Å². The van der Waals surface area contributed by atoms with E-state index in [0.717, 1.165) is 34.6 Å². The summed E-state index contributed by atoms with van der Waals surface area (Å²) >= 11 is 3.53. The van der Waals surface area contributed by atoms with Crippen LogP contribution in [0.3, 0.4) is 0 Å². The first kappa shape index (κ1) is 16.8. The van der Waals surface area contributed by atoms with E-state index in [2.05, 4.69) is 70.7 Å². The molecule has 0 amide bonds. The lowest BCUT2D eigenvalue weighted by Gasteiger charge is -2.16. The van der Waals surface area contributed by atoms with Crippen molar-refractivity contribution in [3.8, 4) is 0 Å². The lowest BCUT2D eigenvalue weighted by Crippen LogP contribution is -2.15. The van der Waals surface area contributed by atoms with E-state index in [1.54, 1.807) is 0 Å². The zero-order valence-corrected chi connectivity index (χ0v) is 15.6. The van der Waals surface area contributed by atoms with Crippen LogP contribution in [0, 0.1) is 0 Å². The van der Waals surface area contributed by atoms with Gasteiger partial charge < -0.3 is 10.6 Å². The summed E-state index contributed by atoms with van der Waals surface area (Å²) < 4.78 is 1.08. The second kappa shape index (κ2) is 7.67. The minimum Gasteiger partial charge on any atom is -0.383 e. The third-order valence-corrected chi connectivity index (χ3v) is 4.44. The van der Waals surface area contributed by atoms with E-state index < -0.39 is 0 Å². The predicted molar refractivity (Wildman–Crippen MR) is 107 cm³/mol. The molecule has 0 atom stereocenters. The van der Waals surface area contributed by atoms with Crippen LogP contribution < -0.4 is 10.6 Å². The Bertz CT molecular complexity index is 816. The van der Waals surface area contributed by atoms with E-state index in [0.29, 0.717) is 5.92 Å². The van der Waals surface area contributed by atoms with Gasteiger partial charge in [0.1, 0.15) is 5.82 Å². The van der Waals surface area contributed by atoms with Crippen LogP contribution >= 0.6 is 15.9 Å². The summed E-state index contributed by atoms with van der Waals surface area (Å²) in [6.45, 7) is 6.08. The van der Waals surface area contributed by atoms with E-state index in [1.807, 2.05) is 24.3 Å². The normalized spacial score (nSPS) is 11.0. The number of pyridine rings is 1. The molecule has 0 unspecified atom stereocenters. The highest BCUT2D eigenvalue weighted by Gasteiger charge is 2.10. The number of hydrogen-bond donors (Lipinski definition) is 2. The molecule has 0 fully saturated rings. The summed E-state index contributed by atoms with van der Waals surface area (Å²) in [5.74, 6) is 1.40. The van der Waals surface area contributed by atoms with Crippen molar-refractivity contribution in [3.63, 3.8) is 0 Å². The molecule has 1 aromatic heterocycles. The van der Waals surface area contributed by atoms with Gasteiger partial charge in [-0.3, -0.25) is 0 Å². The summed E-state index contributed by atoms with van der Waals surface area (Å²) in [4.78, 5) is 4.82. The first-order valence-electron chi connectivity index (χ1n) is 8.26. The lowest BCUT2D eigenvalue weighted by atomic mass is 10.0. The summed E-state index contributed by atoms with van der Waals surface area (Å²) in [5.41, 5.74) is 3.40. The van der Waals surface area contributed by atoms with Gasteiger partial charge in [0.25, 0.3) is 0 Å². The predicted octanol–water partition coefficient (Wildman–Crippen LogP) is 5.64. The molecule has 124 valence electrons. The Labute approximate surface area is 151 Å². The van der Waals surface area contributed by atoms with Gasteiger partial charge in [0.2, 0.25) is 0 Å². The Hall–Kier alpha value is -2.07. The average molecular weight is 384 g/mol. The SMILES string of the molecule is CC(C)c1cc2cc(Br)ccc2nc1NCCNc1ccccc1. The molecule has 2 N–H and O–H groups in total. The first-order chi connectivity index (χ1) is 11.6. The molecule has 0 aliphatic carbocycles. The van der Waals surface area contributed by atoms with Crippen molar-refractivity contribution in [2.45, 2.75) is 19.8 Å². The molecular weight excluding hydrogens is 362 g/mol. The monoisotopic (exact) mass is 383 g/mol. The molecule has 24 heavy (non-hydrogen) atoms. The maximum atomic E-state index is 4.82. The van der Waals surface area contributed by atoms with Crippen LogP contribution in [-0.4, -0.2) is 18.1 Å². The van der Waals surface area contributed by atoms with Crippen LogP contribution in [-0.2, 0) is 0 Å². The molecule has 4 heteroatoms. The largest absolute Gasteiger partial charge is 0.383 e. The number of rotatable bonds is 6. The van der Waals surface area contributed by atoms with Crippen molar-refractivity contribution in [1.29, 1.82) is 0 Å². The molecule has 0 saturated carbocycles. The zero-order chi connectivity index (χ0) is 16.9. The fourth-order valence-electron chi connectivity index (χ4n) is 2.69. The van der Waals surface area contributed by atoms with Crippen molar-refractivity contribution < 1.29 is 0 Å². The molecule has 3 nitrogen and oxygen atoms in total. The number of nitrogens with one attached hydrogen (secondary N) is 2. The van der Waals surface area contributed by atoms with E-state index in [-0.39, 0.29) is 0 Å². The fourth-order valence-corrected chi connectivity index (χ4v) is 3.07. The number of hydrogen-bond acceptors (Lipinski definition) is 3. The van der Waals surface area contributed by atoms with Crippen LogP contribution in [0.25, 0.3) is 10.9 Å². The Morgan fingerprint density at radius 1 is 0.958 bits per heavy atom. The van der Waals surface area contributed by atoms with Gasteiger partial charge in [-0.1, -0.05) is 48.0 Å². The number of nitrogens with zero attached hydrogens (tertiary/aromatic N) is 1. The van der Waals surface area contributed by atoms with Gasteiger partial charge >= 0.3 is 0 Å². The van der Waals surface area contributed by atoms with Gasteiger partial charge in [-0.25, -0.2) is 4.98 Å². The topological polar surface area (TPSA) is 37.0 Å². The van der Waals surface area contributed by atoms with Crippen LogP contribution in [0.4, 0.5) is 11.5 Å². The van der Waals surface area contributed by atoms with Gasteiger partial charge in [-0.05, 0) is 47.9 Å². The Morgan fingerprint density at radius 2 is 1.71 bits per heavy atom. The van der Waals surface area contributed by atoms with Crippen LogP contribution in [0.5, 0.6) is 0 Å². The third kappa shape index (κ3) is 4.06. The highest BCUT2D eigenvalue weighted by atomic mass is 79.9. The van der Waals surface area contributed by atoms with Crippen molar-refractivity contribution in [2.24, 2.45) is 0 Å². The highest BCUT2D eigenvalue weighted by Crippen LogP contribution is 2.28. The molecule has 2 aromatic carbocycles. The smallest absolute Gasteiger partial charge is 0.130 e. The molecule has 3 aromatic rings. The van der Waals surface area contributed by atoms with Gasteiger partial charge in [0, 0.05) is 28.6 Å². The molecular formula is C20H22BrN3. The molecule has 0 spiro atoms. The lowest BCUT2D eigenvalue weighted by molar-refractivity contribution is 0.860. The number of para-hydroxylation sites is 1. The van der Waals surface area contributed by atoms with E-state index >= 15 is 0 Å². The van der Waals surface area contributed by atoms with Crippen molar-refractivity contribution in [3.05, 3.63) is 64.6 Å². The molecule has 1 heterocycles. The number of anilines is 2. The van der Waals surface area contributed by atoms with Crippen LogP contribution in [0.1, 0.15) is 25.3 Å². The van der Waals surface area contributed by atoms with Gasteiger partial charge in [-0.2, -0.15) is 0 Å². The minimum absolute atomic E-state index is 0.422. The summed E-state index contributed by atoms with van der Waals surface area (Å²) in [5, 5.41) is 8.07. The van der Waals surface area contributed by atoms with E-state index in [9.17, 15) is 0 Å². The number of aromatic nitrogens is 1.